The zero-order valence-corrected chi connectivity index (χ0v) is 12.7. The molecule has 1 aromatic heterocycles. The third kappa shape index (κ3) is 3.57. The molecule has 0 saturated carbocycles. The number of benzene rings is 1. The second-order valence-corrected chi connectivity index (χ2v) is 6.12. The smallest absolute Gasteiger partial charge is 0.323 e. The average Bonchev–Trinajstić information content (AvgIpc) is 2.68. The van der Waals surface area contributed by atoms with Gasteiger partial charge in [-0.1, -0.05) is 17.7 Å². The number of aromatic nitrogens is 1. The van der Waals surface area contributed by atoms with Crippen LogP contribution in [0.25, 0.3) is 0 Å². The Morgan fingerprint density at radius 2 is 1.90 bits per heavy atom. The van der Waals surface area contributed by atoms with E-state index in [1.165, 1.54) is 4.88 Å². The number of carbonyl (C=O) groups is 1. The molecule has 0 atom stereocenters. The molecule has 0 aliphatic heterocycles. The Morgan fingerprint density at radius 3 is 2.40 bits per heavy atom. The number of anilines is 1. The maximum atomic E-state index is 11.1. The predicted octanol–water partition coefficient (Wildman–Crippen LogP) is 3.16. The SMILES string of the molecule is Cc1ccc(N(CC(=O)O)Cc2nc(C)c(C)s2)cc1. The number of thiazole rings is 1. The molecule has 106 valence electrons. The highest BCUT2D eigenvalue weighted by atomic mass is 32.1. The van der Waals surface area contributed by atoms with Crippen molar-refractivity contribution in [3.8, 4) is 0 Å². The molecule has 2 rings (SSSR count). The van der Waals surface area contributed by atoms with Crippen molar-refractivity contribution >= 4 is 23.0 Å². The van der Waals surface area contributed by atoms with Gasteiger partial charge in [0, 0.05) is 10.6 Å². The van der Waals surface area contributed by atoms with Crippen LogP contribution in [0.1, 0.15) is 21.1 Å². The van der Waals surface area contributed by atoms with Crippen LogP contribution in [0, 0.1) is 20.8 Å². The molecule has 0 fully saturated rings. The number of aryl methyl sites for hydroxylation is 3. The number of carboxylic acid groups (broad SMARTS) is 1. The number of nitrogens with zero attached hydrogens (tertiary/aromatic N) is 2. The van der Waals surface area contributed by atoms with E-state index >= 15 is 0 Å². The molecule has 0 radical (unpaired) electrons. The van der Waals surface area contributed by atoms with Crippen molar-refractivity contribution in [1.82, 2.24) is 4.98 Å². The summed E-state index contributed by atoms with van der Waals surface area (Å²) < 4.78 is 0. The molecule has 1 N–H and O–H groups in total. The first kappa shape index (κ1) is 14.5. The van der Waals surface area contributed by atoms with Crippen molar-refractivity contribution < 1.29 is 9.90 Å². The van der Waals surface area contributed by atoms with E-state index in [-0.39, 0.29) is 6.54 Å². The van der Waals surface area contributed by atoms with Crippen LogP contribution in [0.4, 0.5) is 5.69 Å². The van der Waals surface area contributed by atoms with Gasteiger partial charge >= 0.3 is 5.97 Å². The summed E-state index contributed by atoms with van der Waals surface area (Å²) >= 11 is 1.62. The summed E-state index contributed by atoms with van der Waals surface area (Å²) in [6, 6.07) is 7.88. The molecule has 0 unspecified atom stereocenters. The second kappa shape index (κ2) is 6.05. The van der Waals surface area contributed by atoms with E-state index in [1.807, 2.05) is 49.9 Å². The van der Waals surface area contributed by atoms with Crippen LogP contribution in [-0.4, -0.2) is 22.6 Å². The molecule has 2 aromatic rings. The van der Waals surface area contributed by atoms with Gasteiger partial charge in [-0.3, -0.25) is 4.79 Å². The lowest BCUT2D eigenvalue weighted by atomic mass is 10.2. The molecule has 0 amide bonds. The van der Waals surface area contributed by atoms with Crippen molar-refractivity contribution in [2.45, 2.75) is 27.3 Å². The Bertz CT molecular complexity index is 585. The fourth-order valence-corrected chi connectivity index (χ4v) is 2.88. The molecular formula is C15H18N2O2S. The number of hydrogen-bond acceptors (Lipinski definition) is 4. The lowest BCUT2D eigenvalue weighted by Gasteiger charge is -2.21. The maximum Gasteiger partial charge on any atom is 0.323 e. The van der Waals surface area contributed by atoms with Gasteiger partial charge in [0.25, 0.3) is 0 Å². The lowest BCUT2D eigenvalue weighted by molar-refractivity contribution is -0.135. The van der Waals surface area contributed by atoms with Crippen LogP contribution in [0.3, 0.4) is 0 Å². The molecule has 0 saturated heterocycles. The monoisotopic (exact) mass is 290 g/mol. The first-order valence-corrected chi connectivity index (χ1v) is 7.23. The van der Waals surface area contributed by atoms with Gasteiger partial charge in [0.2, 0.25) is 0 Å². The third-order valence-electron chi connectivity index (χ3n) is 3.12. The maximum absolute atomic E-state index is 11.1. The highest BCUT2D eigenvalue weighted by Gasteiger charge is 2.14. The summed E-state index contributed by atoms with van der Waals surface area (Å²) in [6.07, 6.45) is 0. The van der Waals surface area contributed by atoms with Crippen LogP contribution in [0.15, 0.2) is 24.3 Å². The molecule has 1 aromatic carbocycles. The summed E-state index contributed by atoms with van der Waals surface area (Å²) in [4.78, 5) is 18.6. The van der Waals surface area contributed by atoms with E-state index in [1.54, 1.807) is 11.3 Å². The third-order valence-corrected chi connectivity index (χ3v) is 4.18. The minimum absolute atomic E-state index is 0.0270. The van der Waals surface area contributed by atoms with Crippen LogP contribution in [-0.2, 0) is 11.3 Å². The highest BCUT2D eigenvalue weighted by molar-refractivity contribution is 7.11. The summed E-state index contributed by atoms with van der Waals surface area (Å²) in [7, 11) is 0. The zero-order valence-electron chi connectivity index (χ0n) is 11.9. The van der Waals surface area contributed by atoms with Gasteiger partial charge in [-0.15, -0.1) is 11.3 Å². The van der Waals surface area contributed by atoms with Gasteiger partial charge in [-0.25, -0.2) is 4.98 Å². The van der Waals surface area contributed by atoms with Crippen LogP contribution in [0.5, 0.6) is 0 Å². The summed E-state index contributed by atoms with van der Waals surface area (Å²) in [5.41, 5.74) is 3.08. The molecule has 0 aliphatic rings. The van der Waals surface area contributed by atoms with E-state index in [4.69, 9.17) is 5.11 Å². The average molecular weight is 290 g/mol. The largest absolute Gasteiger partial charge is 0.480 e. The van der Waals surface area contributed by atoms with Gasteiger partial charge in [0.15, 0.2) is 0 Å². The number of aliphatic carboxylic acids is 1. The van der Waals surface area contributed by atoms with Gasteiger partial charge in [0.1, 0.15) is 11.6 Å². The Morgan fingerprint density at radius 1 is 1.25 bits per heavy atom. The van der Waals surface area contributed by atoms with E-state index in [0.29, 0.717) is 6.54 Å². The van der Waals surface area contributed by atoms with Crippen molar-refractivity contribution in [1.29, 1.82) is 0 Å². The summed E-state index contributed by atoms with van der Waals surface area (Å²) in [5, 5.41) is 10.0. The van der Waals surface area contributed by atoms with E-state index in [9.17, 15) is 4.79 Å². The molecule has 5 heteroatoms. The van der Waals surface area contributed by atoms with Crippen molar-refractivity contribution in [2.75, 3.05) is 11.4 Å². The minimum atomic E-state index is -0.837. The number of hydrogen-bond donors (Lipinski definition) is 1. The van der Waals surface area contributed by atoms with E-state index in [2.05, 4.69) is 4.98 Å². The molecule has 0 aliphatic carbocycles. The van der Waals surface area contributed by atoms with E-state index in [0.717, 1.165) is 22.0 Å². The van der Waals surface area contributed by atoms with Crippen LogP contribution >= 0.6 is 11.3 Å². The second-order valence-electron chi connectivity index (χ2n) is 4.83. The lowest BCUT2D eigenvalue weighted by Crippen LogP contribution is -2.29. The molecule has 0 bridgehead atoms. The summed E-state index contributed by atoms with van der Waals surface area (Å²) in [6.45, 7) is 6.51. The normalized spacial score (nSPS) is 10.6. The highest BCUT2D eigenvalue weighted by Crippen LogP contribution is 2.22. The van der Waals surface area contributed by atoms with Crippen molar-refractivity contribution in [3.05, 3.63) is 45.4 Å². The first-order chi connectivity index (χ1) is 9.45. The number of rotatable bonds is 5. The van der Waals surface area contributed by atoms with Gasteiger partial charge in [-0.05, 0) is 32.9 Å². The predicted molar refractivity (Wildman–Crippen MR) is 81.5 cm³/mol. The fraction of sp³-hybridized carbons (Fsp3) is 0.333. The number of carboxylic acids is 1. The zero-order chi connectivity index (χ0) is 14.7. The molecule has 4 nitrogen and oxygen atoms in total. The van der Waals surface area contributed by atoms with Gasteiger partial charge in [0.05, 0.1) is 12.2 Å². The Balaban J connectivity index is 2.23. The fourth-order valence-electron chi connectivity index (χ4n) is 1.93. The quantitative estimate of drug-likeness (QED) is 0.919. The molecular weight excluding hydrogens is 272 g/mol. The van der Waals surface area contributed by atoms with Crippen LogP contribution in [0.2, 0.25) is 0 Å². The summed E-state index contributed by atoms with van der Waals surface area (Å²) in [5.74, 6) is -0.837. The Hall–Kier alpha value is -1.88. The standard InChI is InChI=1S/C15H18N2O2S/c1-10-4-6-13(7-5-10)17(9-15(18)19)8-14-16-11(2)12(3)20-14/h4-7H,8-9H2,1-3H3,(H,18,19). The van der Waals surface area contributed by atoms with Crippen molar-refractivity contribution in [2.24, 2.45) is 0 Å². The Kier molecular flexibility index (Phi) is 4.39. The van der Waals surface area contributed by atoms with Gasteiger partial charge < -0.3 is 10.0 Å². The molecule has 20 heavy (non-hydrogen) atoms. The van der Waals surface area contributed by atoms with E-state index < -0.39 is 5.97 Å². The minimum Gasteiger partial charge on any atom is -0.480 e. The van der Waals surface area contributed by atoms with Crippen molar-refractivity contribution in [3.63, 3.8) is 0 Å². The first-order valence-electron chi connectivity index (χ1n) is 6.42. The molecule has 1 heterocycles. The molecule has 0 spiro atoms. The topological polar surface area (TPSA) is 53.4 Å². The van der Waals surface area contributed by atoms with Gasteiger partial charge in [-0.2, -0.15) is 0 Å². The Labute approximate surface area is 122 Å². The van der Waals surface area contributed by atoms with Crippen LogP contribution < -0.4 is 4.90 Å².